The van der Waals surface area contributed by atoms with Crippen LogP contribution in [0.15, 0.2) is 133 Å². The number of phenols is 4. The monoisotopic (exact) mass is 1560 g/mol. The fourth-order valence-corrected chi connectivity index (χ4v) is 7.24. The Morgan fingerprint density at radius 2 is 0.741 bits per heavy atom. The van der Waals surface area contributed by atoms with Gasteiger partial charge in [0, 0.05) is 23.1 Å². The van der Waals surface area contributed by atoms with E-state index in [9.17, 15) is 43.2 Å². The van der Waals surface area contributed by atoms with Gasteiger partial charge in [-0.1, -0.05) is 65.6 Å². The molecule has 598 valence electrons. The van der Waals surface area contributed by atoms with Gasteiger partial charge in [0.15, 0.2) is 57.6 Å². The minimum atomic E-state index is -1.18. The van der Waals surface area contributed by atoms with Crippen molar-refractivity contribution < 1.29 is 81.8 Å². The second-order valence-electron chi connectivity index (χ2n) is 31.7. The van der Waals surface area contributed by atoms with Crippen LogP contribution in [-0.2, 0) is 31.8 Å². The smallest absolute Gasteiger partial charge is 0.209 e. The van der Waals surface area contributed by atoms with Crippen LogP contribution in [0.1, 0.15) is 245 Å². The van der Waals surface area contributed by atoms with Gasteiger partial charge in [0.25, 0.3) is 0 Å². The van der Waals surface area contributed by atoms with Crippen molar-refractivity contribution in [3.05, 3.63) is 178 Å². The Balaban J connectivity index is -0.00000119. The molecule has 6 aromatic carbocycles. The Kier molecular flexibility index (Phi) is 46.4. The van der Waals surface area contributed by atoms with Crippen LogP contribution in [0.2, 0.25) is 6.82 Å². The number of allylic oxidation sites excluding steroid dienone is 3. The first-order chi connectivity index (χ1) is 49.5. The summed E-state index contributed by atoms with van der Waals surface area (Å²) in [4.78, 5) is 64.1. The van der Waals surface area contributed by atoms with Gasteiger partial charge in [-0.2, -0.15) is 0 Å². The molecule has 0 saturated heterocycles. The van der Waals surface area contributed by atoms with E-state index >= 15 is 0 Å². The van der Waals surface area contributed by atoms with Crippen LogP contribution in [-0.4, -0.2) is 107 Å². The highest BCUT2D eigenvalue weighted by atomic mass is 35.7. The van der Waals surface area contributed by atoms with Crippen molar-refractivity contribution in [1.82, 2.24) is 0 Å². The summed E-state index contributed by atoms with van der Waals surface area (Å²) in [5.74, 6) is 3.70. The number of nitrogens with two attached hydrogens (primary N) is 1. The molecule has 108 heavy (non-hydrogen) atoms. The highest BCUT2D eigenvalue weighted by Crippen LogP contribution is 2.35. The minimum absolute atomic E-state index is 0.0173. The van der Waals surface area contributed by atoms with Crippen LogP contribution in [0.3, 0.4) is 0 Å². The second-order valence-corrected chi connectivity index (χ2v) is 34.7. The largest absolute Gasteiger partial charge is 0.504 e. The fourth-order valence-electron chi connectivity index (χ4n) is 7.24. The van der Waals surface area contributed by atoms with Gasteiger partial charge in [-0.3, -0.25) is 29.1 Å². The summed E-state index contributed by atoms with van der Waals surface area (Å²) < 4.78 is 51.3. The minimum Gasteiger partial charge on any atom is -0.504 e. The van der Waals surface area contributed by atoms with Crippen molar-refractivity contribution in [2.75, 3.05) is 0 Å². The predicted octanol–water partition coefficient (Wildman–Crippen LogP) is 21.0. The van der Waals surface area contributed by atoms with Crippen LogP contribution in [0.25, 0.3) is 12.2 Å². The maximum atomic E-state index is 11.0. The average molecular weight is 1560 g/mol. The molecule has 0 aromatic heterocycles. The van der Waals surface area contributed by atoms with Crippen molar-refractivity contribution >= 4 is 87.4 Å². The van der Waals surface area contributed by atoms with Crippen LogP contribution < -0.4 is 33.6 Å². The van der Waals surface area contributed by atoms with Gasteiger partial charge in [-0.25, -0.2) is 4.21 Å². The van der Waals surface area contributed by atoms with E-state index in [-0.39, 0.29) is 85.2 Å². The number of benzene rings is 6. The summed E-state index contributed by atoms with van der Waals surface area (Å²) >= 11 is 0. The molecule has 0 aliphatic heterocycles. The first-order valence-electron chi connectivity index (χ1n) is 35.5. The van der Waals surface area contributed by atoms with E-state index in [1.807, 2.05) is 197 Å². The van der Waals surface area contributed by atoms with Gasteiger partial charge in [0.2, 0.25) is 6.52 Å². The molecule has 1 atom stereocenters. The van der Waals surface area contributed by atoms with Crippen molar-refractivity contribution in [1.29, 1.82) is 1.34 Å². The maximum absolute atomic E-state index is 11.0. The molecule has 6 aromatic rings. The number of ketones is 3. The maximum Gasteiger partial charge on any atom is 0.209 e. The third kappa shape index (κ3) is 55.7. The molecule has 22 heteroatoms. The molecule has 18 nitrogen and oxygen atoms in total. The number of halogens is 1. The fraction of sp³-hybridized carbons (Fsp3) is 0.442. The van der Waals surface area contributed by atoms with Gasteiger partial charge in [-0.05, 0) is 320 Å². The zero-order valence-electron chi connectivity index (χ0n) is 70.5. The number of rotatable bonds is 17. The summed E-state index contributed by atoms with van der Waals surface area (Å²) in [6, 6.07) is 30.7. The lowest BCUT2D eigenvalue weighted by molar-refractivity contribution is -0.117. The van der Waals surface area contributed by atoms with Gasteiger partial charge >= 0.3 is 0 Å². The Labute approximate surface area is 659 Å². The molecule has 0 heterocycles. The summed E-state index contributed by atoms with van der Waals surface area (Å²) in [6.45, 7) is 58.6. The lowest BCUT2D eigenvalue weighted by Crippen LogP contribution is -2.27. The molecule has 0 fully saturated rings. The zero-order chi connectivity index (χ0) is 85.4. The number of hydrogen-bond acceptors (Lipinski definition) is 18. The highest BCUT2D eigenvalue weighted by Gasteiger charge is 2.22. The van der Waals surface area contributed by atoms with Crippen molar-refractivity contribution in [2.45, 2.75) is 252 Å². The molecule has 0 aliphatic carbocycles. The SMILES string of the molecule is C=C(C)C.CC(=O)/C=C/c1ccc(C)c(OC(C)(C)C)c1.CC(=O)/C=C/c1ccc(O)c(OC(C)(C)C)c1.CC(=O)CCc1ccc(C)c(OC(C)(C)C)c1.CC(C)(C)Oc1cc(C=O)ccc1O.CC(C)(C)Oc1ccc(C=O)cc1OC(C)(C)C.CC(C)(C)[S@@](N)=O.O=Cc1ccc(O)c(O)c1.[3H]B(C)SCl. The molecular weight excluding hydrogens is 1430 g/mol. The summed E-state index contributed by atoms with van der Waals surface area (Å²) in [7, 11) is 4.90. The van der Waals surface area contributed by atoms with Crippen LogP contribution in [0.4, 0.5) is 0 Å². The number of aryl methyl sites for hydroxylation is 3. The first kappa shape index (κ1) is 101. The number of ether oxygens (including phenoxy) is 6. The Bertz CT molecular complexity index is 3830. The van der Waals surface area contributed by atoms with Gasteiger partial charge in [-0.15, -0.1) is 17.4 Å². The molecule has 0 radical (unpaired) electrons. The molecule has 0 saturated carbocycles. The summed E-state index contributed by atoms with van der Waals surface area (Å²) in [6.07, 6.45) is 10.0. The quantitative estimate of drug-likeness (QED) is 0.0186. The topological polar surface area (TPSA) is 282 Å². The van der Waals surface area contributed by atoms with E-state index in [1.54, 1.807) is 68.4 Å². The number of aldehydes is 3. The lowest BCUT2D eigenvalue weighted by atomic mass is 10.0. The van der Waals surface area contributed by atoms with E-state index in [1.165, 1.54) is 61.9 Å². The van der Waals surface area contributed by atoms with E-state index in [2.05, 4.69) is 18.7 Å². The van der Waals surface area contributed by atoms with Crippen molar-refractivity contribution in [2.24, 2.45) is 5.14 Å². The Morgan fingerprint density at radius 1 is 0.463 bits per heavy atom. The standard InChI is InChI=1S/C15H22O3.C15H22O2.C15H20O2.C14H18O3.C11H14O3.C7H6O3.C4H11NOS.C4H8.CH4BClS/c1-14(2,3)17-12-8-7-11(10-16)9-13(12)18-15(4,5)6;2*1-11-6-8-13(9-7-12(2)16)10-14(11)17-15(3,4)5;1-10(15)5-6-11-7-8-12(16)13(9-11)17-14(2,3)4;1-11(2,3)14-10-6-8(7-12)4-5-9(10)13;8-4-5-1-2-6(9)7(10)3-5;1-4(2,3)7(5)6;1-4(2)3;1-2-4-3/h7-10H,1-6H3;6,8,10H,7,9H2,1-5H3;6-10H,1-5H3;5-9,16H,1-4H3;4-7,13H,1-3H3;1-4,9-10H;5H2,1-3H3;1H2,2-3H3;2H,1H3/b;;9-7+;6-5+;;;;;/t;;;;;;7-;;/m......0../s1/i;;;;;;;;2T. The third-order valence-corrected chi connectivity index (χ3v) is 13.7. The van der Waals surface area contributed by atoms with Crippen LogP contribution in [0.5, 0.6) is 57.5 Å². The molecule has 6 N–H and O–H groups in total. The van der Waals surface area contributed by atoms with E-state index in [0.29, 0.717) is 52.4 Å². The lowest BCUT2D eigenvalue weighted by Gasteiger charge is -2.27. The molecule has 0 amide bonds. The second kappa shape index (κ2) is 49.4. The molecule has 0 unspecified atom stereocenters. The van der Waals surface area contributed by atoms with Crippen molar-refractivity contribution in [3.8, 4) is 57.5 Å². The number of carbonyl (C=O) groups is 6. The zero-order valence-corrected chi connectivity index (χ0v) is 71.9. The number of aromatic hydroxyl groups is 4. The first-order valence-corrected chi connectivity index (χ1v) is 37.8. The Morgan fingerprint density at radius 3 is 1.07 bits per heavy atom. The van der Waals surface area contributed by atoms with Gasteiger partial charge in [0.1, 0.15) is 69.7 Å². The number of hydrogen-bond donors (Lipinski definition) is 5. The van der Waals surface area contributed by atoms with Crippen LogP contribution >= 0.6 is 21.5 Å². The van der Waals surface area contributed by atoms with Crippen molar-refractivity contribution in [3.63, 3.8) is 0 Å². The highest BCUT2D eigenvalue weighted by molar-refractivity contribution is 8.39. The third-order valence-electron chi connectivity index (χ3n) is 11.8. The summed E-state index contributed by atoms with van der Waals surface area (Å²) in [5, 5.41) is 41.7. The molecular formula is C86H125BClNO17S2. The molecule has 0 bridgehead atoms. The normalized spacial score (nSPS) is 11.5. The van der Waals surface area contributed by atoms with Gasteiger partial charge < -0.3 is 53.6 Å². The number of Topliss-reactive ketones (excluding diaryl/α,β-unsaturated/α-hetero) is 1. The number of phenolic OH excluding ortho intramolecular Hbond substituents is 4. The molecule has 0 spiro atoms. The number of carbonyl (C=O) groups excluding carboxylic acids is 6. The Hall–Kier alpha value is -8.63. The van der Waals surface area contributed by atoms with E-state index < -0.39 is 11.0 Å². The predicted molar refractivity (Wildman–Crippen MR) is 451 cm³/mol. The molecule has 0 aliphatic rings. The average Bonchev–Trinajstić information content (AvgIpc) is 0.862. The molecule has 6 rings (SSSR count). The summed E-state index contributed by atoms with van der Waals surface area (Å²) in [5.41, 5.74) is 5.94. The van der Waals surface area contributed by atoms with E-state index in [0.717, 1.165) is 69.1 Å². The van der Waals surface area contributed by atoms with E-state index in [4.69, 9.17) is 55.8 Å². The van der Waals surface area contributed by atoms with Gasteiger partial charge in [0.05, 0.1) is 15.7 Å². The van der Waals surface area contributed by atoms with Crippen LogP contribution in [0, 0.1) is 13.8 Å².